The Morgan fingerprint density at radius 3 is 2.83 bits per heavy atom. The molecule has 0 aliphatic carbocycles. The summed E-state index contributed by atoms with van der Waals surface area (Å²) < 4.78 is 0. The molecule has 2 nitrogen and oxygen atoms in total. The Hall–Kier alpha value is -0.150. The summed E-state index contributed by atoms with van der Waals surface area (Å²) in [4.78, 5) is 2.85. The van der Waals surface area contributed by atoms with Crippen molar-refractivity contribution < 1.29 is 0 Å². The summed E-state index contributed by atoms with van der Waals surface area (Å²) >= 11 is 1.52. The zero-order valence-electron chi connectivity index (χ0n) is 3.22. The number of hydrazine groups is 1. The summed E-state index contributed by atoms with van der Waals surface area (Å²) in [6.07, 6.45) is 1.85. The average molecular weight is 101 g/mol. The predicted octanol–water partition coefficient (Wildman–Crippen LogP) is 0.718. The van der Waals surface area contributed by atoms with Crippen LogP contribution in [-0.4, -0.2) is 5.01 Å². The Morgan fingerprint density at radius 1 is 1.83 bits per heavy atom. The lowest BCUT2D eigenvalue weighted by Crippen LogP contribution is -2.14. The molecule has 1 N–H and O–H groups in total. The molecule has 3 heteroatoms. The first-order chi connectivity index (χ1) is 2.89. The van der Waals surface area contributed by atoms with Crippen molar-refractivity contribution in [2.24, 2.45) is 0 Å². The van der Waals surface area contributed by atoms with E-state index in [1.807, 2.05) is 11.6 Å². The molecule has 1 heterocycles. The van der Waals surface area contributed by atoms with Crippen LogP contribution in [-0.2, 0) is 0 Å². The van der Waals surface area contributed by atoms with Gasteiger partial charge < -0.3 is 5.01 Å². The first kappa shape index (κ1) is 4.02. The molecule has 1 aliphatic rings. The summed E-state index contributed by atoms with van der Waals surface area (Å²) in [5, 5.41) is 3.57. The van der Waals surface area contributed by atoms with Gasteiger partial charge in [0.25, 0.3) is 0 Å². The standard InChI is InChI=1S/C3H5N2S/c1-5-2-3-6-4-5/h2-4H,1H2. The first-order valence-corrected chi connectivity index (χ1v) is 2.45. The minimum Gasteiger partial charge on any atom is -0.303 e. The Morgan fingerprint density at radius 2 is 2.67 bits per heavy atom. The summed E-state index contributed by atoms with van der Waals surface area (Å²) in [6, 6.07) is 0. The van der Waals surface area contributed by atoms with Crippen LogP contribution in [0.1, 0.15) is 0 Å². The van der Waals surface area contributed by atoms with Crippen molar-refractivity contribution in [3.8, 4) is 0 Å². The summed E-state index contributed by atoms with van der Waals surface area (Å²) in [6.45, 7) is 0. The third kappa shape index (κ3) is 0.666. The van der Waals surface area contributed by atoms with Gasteiger partial charge in [0.05, 0.1) is 7.05 Å². The van der Waals surface area contributed by atoms with E-state index in [0.717, 1.165) is 0 Å². The molecular formula is C3H5N2S. The molecule has 0 atom stereocenters. The molecule has 33 valence electrons. The van der Waals surface area contributed by atoms with E-state index >= 15 is 0 Å². The Labute approximate surface area is 41.3 Å². The van der Waals surface area contributed by atoms with Crippen LogP contribution in [0.2, 0.25) is 0 Å². The maximum atomic E-state index is 3.55. The van der Waals surface area contributed by atoms with E-state index in [2.05, 4.69) is 11.9 Å². The van der Waals surface area contributed by atoms with E-state index in [0.29, 0.717) is 0 Å². The molecule has 6 heavy (non-hydrogen) atoms. The van der Waals surface area contributed by atoms with Crippen molar-refractivity contribution in [3.05, 3.63) is 18.7 Å². The van der Waals surface area contributed by atoms with Crippen LogP contribution in [0, 0.1) is 7.05 Å². The zero-order chi connectivity index (χ0) is 4.41. The molecule has 0 aromatic rings. The minimum absolute atomic E-state index is 1.52. The van der Waals surface area contributed by atoms with E-state index < -0.39 is 0 Å². The molecule has 0 unspecified atom stereocenters. The molecule has 0 spiro atoms. The average Bonchev–Trinajstić information content (AvgIpc) is 1.86. The van der Waals surface area contributed by atoms with E-state index in [4.69, 9.17) is 0 Å². The fraction of sp³-hybridized carbons (Fsp3) is 0. The van der Waals surface area contributed by atoms with E-state index in [9.17, 15) is 0 Å². The summed E-state index contributed by atoms with van der Waals surface area (Å²) in [5.74, 6) is 0. The lowest BCUT2D eigenvalue weighted by molar-refractivity contribution is 0.490. The largest absolute Gasteiger partial charge is 0.303 e. The van der Waals surface area contributed by atoms with Crippen LogP contribution in [0.3, 0.4) is 0 Å². The molecule has 1 rings (SSSR count). The van der Waals surface area contributed by atoms with Gasteiger partial charge in [0.2, 0.25) is 0 Å². The van der Waals surface area contributed by atoms with Crippen LogP contribution in [0.25, 0.3) is 0 Å². The quantitative estimate of drug-likeness (QED) is 0.452. The first-order valence-electron chi connectivity index (χ1n) is 1.57. The molecular weight excluding hydrogens is 96.1 g/mol. The minimum atomic E-state index is 1.52. The highest BCUT2D eigenvalue weighted by atomic mass is 32.2. The SMILES string of the molecule is [CH2]N1C=CSN1. The smallest absolute Gasteiger partial charge is 0.0538 e. The van der Waals surface area contributed by atoms with Crippen LogP contribution in [0.15, 0.2) is 11.6 Å². The molecule has 0 aromatic carbocycles. The normalized spacial score (nSPS) is 19.8. The van der Waals surface area contributed by atoms with Gasteiger partial charge in [-0.1, -0.05) is 0 Å². The third-order valence-corrected chi connectivity index (χ3v) is 1.08. The maximum Gasteiger partial charge on any atom is 0.0538 e. The van der Waals surface area contributed by atoms with E-state index in [1.165, 1.54) is 11.9 Å². The molecule has 1 aliphatic heterocycles. The zero-order valence-corrected chi connectivity index (χ0v) is 4.03. The summed E-state index contributed by atoms with van der Waals surface area (Å²) in [7, 11) is 3.55. The van der Waals surface area contributed by atoms with Crippen LogP contribution < -0.4 is 4.83 Å². The monoisotopic (exact) mass is 101 g/mol. The number of hydrogen-bond acceptors (Lipinski definition) is 3. The van der Waals surface area contributed by atoms with Crippen molar-refractivity contribution in [2.45, 2.75) is 0 Å². The number of nitrogens with zero attached hydrogens (tertiary/aromatic N) is 1. The van der Waals surface area contributed by atoms with Crippen LogP contribution >= 0.6 is 11.9 Å². The predicted molar refractivity (Wildman–Crippen MR) is 27.1 cm³/mol. The van der Waals surface area contributed by atoms with Crippen LogP contribution in [0.5, 0.6) is 0 Å². The Bertz CT molecular complexity index is 71.2. The molecule has 0 saturated carbocycles. The van der Waals surface area contributed by atoms with Crippen LogP contribution in [0.4, 0.5) is 0 Å². The Kier molecular flexibility index (Phi) is 1.03. The van der Waals surface area contributed by atoms with Gasteiger partial charge >= 0.3 is 0 Å². The number of hydrogen-bond donors (Lipinski definition) is 1. The number of nitrogens with one attached hydrogen (secondary N) is 1. The molecule has 0 fully saturated rings. The number of rotatable bonds is 0. The van der Waals surface area contributed by atoms with Crippen molar-refractivity contribution in [2.75, 3.05) is 0 Å². The van der Waals surface area contributed by atoms with Gasteiger partial charge in [-0.25, -0.2) is 0 Å². The van der Waals surface area contributed by atoms with E-state index in [1.54, 1.807) is 5.01 Å². The molecule has 0 amide bonds. The third-order valence-electron chi connectivity index (χ3n) is 0.479. The van der Waals surface area contributed by atoms with Gasteiger partial charge in [-0.15, -0.1) is 0 Å². The molecule has 0 saturated heterocycles. The maximum absolute atomic E-state index is 3.55. The van der Waals surface area contributed by atoms with Gasteiger partial charge in [-0.05, 0) is 11.9 Å². The molecule has 0 aromatic heterocycles. The highest BCUT2D eigenvalue weighted by Gasteiger charge is 1.92. The highest BCUT2D eigenvalue weighted by molar-refractivity contribution is 8.00. The second kappa shape index (κ2) is 1.53. The highest BCUT2D eigenvalue weighted by Crippen LogP contribution is 2.04. The van der Waals surface area contributed by atoms with E-state index in [-0.39, 0.29) is 0 Å². The second-order valence-electron chi connectivity index (χ2n) is 0.964. The fourth-order valence-electron chi connectivity index (χ4n) is 0.232. The van der Waals surface area contributed by atoms with Gasteiger partial charge in [0.15, 0.2) is 0 Å². The summed E-state index contributed by atoms with van der Waals surface area (Å²) in [5.41, 5.74) is 0. The fourth-order valence-corrected chi connectivity index (χ4v) is 0.697. The molecule has 0 bridgehead atoms. The van der Waals surface area contributed by atoms with Crippen molar-refractivity contribution in [1.82, 2.24) is 9.84 Å². The lowest BCUT2D eigenvalue weighted by atomic mass is 11.0. The van der Waals surface area contributed by atoms with Gasteiger partial charge in [-0.2, -0.15) is 4.83 Å². The van der Waals surface area contributed by atoms with Crippen molar-refractivity contribution in [1.29, 1.82) is 0 Å². The van der Waals surface area contributed by atoms with Crippen molar-refractivity contribution in [3.63, 3.8) is 0 Å². The molecule has 1 radical (unpaired) electrons. The topological polar surface area (TPSA) is 15.3 Å². The van der Waals surface area contributed by atoms with Gasteiger partial charge in [-0.3, -0.25) is 0 Å². The second-order valence-corrected chi connectivity index (χ2v) is 1.65. The van der Waals surface area contributed by atoms with Gasteiger partial charge in [0, 0.05) is 11.6 Å². The van der Waals surface area contributed by atoms with Crippen molar-refractivity contribution >= 4 is 11.9 Å². The lowest BCUT2D eigenvalue weighted by Gasteiger charge is -2.02. The van der Waals surface area contributed by atoms with Gasteiger partial charge in [0.1, 0.15) is 0 Å². The Balaban J connectivity index is 2.38.